The first-order valence-corrected chi connectivity index (χ1v) is 11.0. The second kappa shape index (κ2) is 11.5. The lowest BCUT2D eigenvalue weighted by atomic mass is 9.97. The molecular formula is C25H30FN3O3. The van der Waals surface area contributed by atoms with Gasteiger partial charge in [0.05, 0.1) is 0 Å². The van der Waals surface area contributed by atoms with Crippen molar-refractivity contribution in [3.8, 4) is 0 Å². The molecular weight excluding hydrogens is 409 g/mol. The molecule has 1 aliphatic carbocycles. The number of hydrogen-bond acceptors (Lipinski definition) is 4. The minimum Gasteiger partial charge on any atom is -0.339 e. The van der Waals surface area contributed by atoms with Gasteiger partial charge in [-0.25, -0.2) is 9.87 Å². The normalized spacial score (nSPS) is 16.4. The lowest BCUT2D eigenvalue weighted by molar-refractivity contribution is -0.127. The summed E-state index contributed by atoms with van der Waals surface area (Å²) in [6, 6.07) is 13.4. The topological polar surface area (TPSA) is 95.7 Å². The summed E-state index contributed by atoms with van der Waals surface area (Å²) in [5.41, 5.74) is 9.69. The molecule has 6 nitrogen and oxygen atoms in total. The lowest BCUT2D eigenvalue weighted by Gasteiger charge is -2.30. The Kier molecular flexibility index (Phi) is 8.53. The van der Waals surface area contributed by atoms with Gasteiger partial charge in [0.1, 0.15) is 5.82 Å². The third kappa shape index (κ3) is 7.00. The number of nitrogens with zero attached hydrogens (tertiary/aromatic N) is 1. The van der Waals surface area contributed by atoms with E-state index in [0.717, 1.165) is 37.4 Å². The quantitative estimate of drug-likeness (QED) is 0.376. The van der Waals surface area contributed by atoms with Crippen LogP contribution in [0.3, 0.4) is 0 Å². The van der Waals surface area contributed by atoms with E-state index in [1.165, 1.54) is 30.5 Å². The Morgan fingerprint density at radius 1 is 1.03 bits per heavy atom. The largest absolute Gasteiger partial charge is 0.339 e. The van der Waals surface area contributed by atoms with Gasteiger partial charge >= 0.3 is 0 Å². The molecule has 32 heavy (non-hydrogen) atoms. The number of halogens is 1. The first-order chi connectivity index (χ1) is 15.5. The fourth-order valence-electron chi connectivity index (χ4n) is 3.62. The van der Waals surface area contributed by atoms with E-state index in [9.17, 15) is 14.0 Å². The van der Waals surface area contributed by atoms with Crippen LogP contribution in [0.2, 0.25) is 0 Å². The zero-order valence-corrected chi connectivity index (χ0v) is 18.0. The van der Waals surface area contributed by atoms with Crippen molar-refractivity contribution in [1.29, 1.82) is 0 Å². The Labute approximate surface area is 187 Å². The molecule has 2 aromatic carbocycles. The number of amides is 2. The zero-order valence-electron chi connectivity index (χ0n) is 18.0. The Balaban J connectivity index is 0.000000238. The van der Waals surface area contributed by atoms with Crippen LogP contribution >= 0.6 is 0 Å². The number of piperidine rings is 1. The maximum Gasteiger partial charge on any atom is 0.274 e. The van der Waals surface area contributed by atoms with Crippen molar-refractivity contribution in [2.45, 2.75) is 31.6 Å². The van der Waals surface area contributed by atoms with Crippen LogP contribution in [0, 0.1) is 11.7 Å². The second-order valence-corrected chi connectivity index (χ2v) is 8.23. The number of hydrogen-bond donors (Lipinski definition) is 3. The van der Waals surface area contributed by atoms with Crippen molar-refractivity contribution < 1.29 is 19.2 Å². The highest BCUT2D eigenvalue weighted by Gasteiger charge is 2.23. The first-order valence-electron chi connectivity index (χ1n) is 11.0. The summed E-state index contributed by atoms with van der Waals surface area (Å²) in [6.07, 6.45) is 7.75. The van der Waals surface area contributed by atoms with Gasteiger partial charge in [0.25, 0.3) is 5.91 Å². The van der Waals surface area contributed by atoms with Crippen molar-refractivity contribution in [2.24, 2.45) is 11.7 Å². The molecule has 4 rings (SSSR count). The minimum atomic E-state index is -0.561. The van der Waals surface area contributed by atoms with Crippen LogP contribution < -0.4 is 11.2 Å². The van der Waals surface area contributed by atoms with E-state index in [1.807, 2.05) is 17.0 Å². The van der Waals surface area contributed by atoms with Crippen molar-refractivity contribution >= 4 is 17.9 Å². The molecule has 0 radical (unpaired) electrons. The van der Waals surface area contributed by atoms with Crippen LogP contribution in [0.1, 0.15) is 53.1 Å². The standard InChI is InChI=1S/C16H21N3O3.C9H9F/c17-11-13-7-9-19(10-8-13)15(20)6-3-12-1-4-14(5-2-12)16(21)18-22;10-9-5-3-8(4-6-9)7-1-2-7/h1-6,13,22H,7-11,17H2,(H,18,21);3-7H,1-2H2/b6-3+;. The lowest BCUT2D eigenvalue weighted by Crippen LogP contribution is -2.39. The predicted octanol–water partition coefficient (Wildman–Crippen LogP) is 3.72. The third-order valence-corrected chi connectivity index (χ3v) is 5.87. The van der Waals surface area contributed by atoms with Crippen molar-refractivity contribution in [3.63, 3.8) is 0 Å². The molecule has 0 spiro atoms. The molecule has 0 aromatic heterocycles. The summed E-state index contributed by atoms with van der Waals surface area (Å²) >= 11 is 0. The average molecular weight is 440 g/mol. The summed E-state index contributed by atoms with van der Waals surface area (Å²) < 4.78 is 12.4. The van der Waals surface area contributed by atoms with Crippen LogP contribution in [-0.4, -0.2) is 41.6 Å². The molecule has 2 amide bonds. The number of carbonyl (C=O) groups excluding carboxylic acids is 2. The van der Waals surface area contributed by atoms with Gasteiger partial charge in [-0.3, -0.25) is 14.8 Å². The van der Waals surface area contributed by atoms with Gasteiger partial charge in [0, 0.05) is 24.7 Å². The fourth-order valence-corrected chi connectivity index (χ4v) is 3.62. The number of likely N-dealkylation sites (tertiary alicyclic amines) is 1. The van der Waals surface area contributed by atoms with Crippen LogP contribution in [-0.2, 0) is 4.79 Å². The highest BCUT2D eigenvalue weighted by atomic mass is 19.1. The van der Waals surface area contributed by atoms with Gasteiger partial charge < -0.3 is 10.6 Å². The molecule has 2 fully saturated rings. The molecule has 170 valence electrons. The number of nitrogens with one attached hydrogen (secondary N) is 1. The smallest absolute Gasteiger partial charge is 0.274 e. The number of hydroxylamine groups is 1. The fraction of sp³-hybridized carbons (Fsp3) is 0.360. The number of carbonyl (C=O) groups is 2. The van der Waals surface area contributed by atoms with Gasteiger partial charge in [0.15, 0.2) is 0 Å². The molecule has 1 aliphatic heterocycles. The SMILES string of the molecule is Fc1ccc(C2CC2)cc1.NCC1CCN(C(=O)/C=C/c2ccc(C(=O)NO)cc2)CC1. The number of nitrogens with two attached hydrogens (primary N) is 1. The summed E-state index contributed by atoms with van der Waals surface area (Å²) in [5, 5.41) is 8.54. The molecule has 0 bridgehead atoms. The first kappa shape index (κ1) is 23.6. The van der Waals surface area contributed by atoms with Crippen LogP contribution in [0.25, 0.3) is 6.08 Å². The van der Waals surface area contributed by atoms with E-state index >= 15 is 0 Å². The van der Waals surface area contributed by atoms with E-state index in [2.05, 4.69) is 0 Å². The van der Waals surface area contributed by atoms with Crippen LogP contribution in [0.15, 0.2) is 54.6 Å². The summed E-state index contributed by atoms with van der Waals surface area (Å²) in [5.74, 6) is 0.560. The Morgan fingerprint density at radius 2 is 1.66 bits per heavy atom. The molecule has 1 heterocycles. The Hall–Kier alpha value is -3.03. The maximum absolute atomic E-state index is 12.4. The zero-order chi connectivity index (χ0) is 22.9. The van der Waals surface area contributed by atoms with E-state index in [1.54, 1.807) is 41.9 Å². The maximum atomic E-state index is 12.4. The average Bonchev–Trinajstić information content (AvgIpc) is 3.69. The number of rotatable bonds is 5. The summed E-state index contributed by atoms with van der Waals surface area (Å²) in [6.45, 7) is 2.19. The molecule has 7 heteroatoms. The highest BCUT2D eigenvalue weighted by Crippen LogP contribution is 2.39. The summed E-state index contributed by atoms with van der Waals surface area (Å²) in [4.78, 5) is 25.1. The van der Waals surface area contributed by atoms with E-state index in [4.69, 9.17) is 10.9 Å². The Morgan fingerprint density at radius 3 is 2.19 bits per heavy atom. The molecule has 2 aliphatic rings. The van der Waals surface area contributed by atoms with Gasteiger partial charge in [-0.1, -0.05) is 24.3 Å². The molecule has 0 atom stereocenters. The molecule has 4 N–H and O–H groups in total. The van der Waals surface area contributed by atoms with Gasteiger partial charge in [-0.2, -0.15) is 0 Å². The van der Waals surface area contributed by atoms with Crippen LogP contribution in [0.4, 0.5) is 4.39 Å². The van der Waals surface area contributed by atoms with Crippen molar-refractivity contribution in [3.05, 3.63) is 77.1 Å². The van der Waals surface area contributed by atoms with E-state index < -0.39 is 5.91 Å². The van der Waals surface area contributed by atoms with Crippen molar-refractivity contribution in [1.82, 2.24) is 10.4 Å². The molecule has 2 aromatic rings. The van der Waals surface area contributed by atoms with Crippen LogP contribution in [0.5, 0.6) is 0 Å². The van der Waals surface area contributed by atoms with Gasteiger partial charge in [0.2, 0.25) is 5.91 Å². The number of benzene rings is 2. The molecule has 1 saturated heterocycles. The highest BCUT2D eigenvalue weighted by molar-refractivity contribution is 5.94. The van der Waals surface area contributed by atoms with Gasteiger partial charge in [-0.05, 0) is 85.5 Å². The molecule has 1 saturated carbocycles. The predicted molar refractivity (Wildman–Crippen MR) is 121 cm³/mol. The minimum absolute atomic E-state index is 0.00681. The van der Waals surface area contributed by atoms with Crippen molar-refractivity contribution in [2.75, 3.05) is 19.6 Å². The summed E-state index contributed by atoms with van der Waals surface area (Å²) in [7, 11) is 0. The third-order valence-electron chi connectivity index (χ3n) is 5.87. The monoisotopic (exact) mass is 439 g/mol. The molecule has 0 unspecified atom stereocenters. The van der Waals surface area contributed by atoms with Gasteiger partial charge in [-0.15, -0.1) is 0 Å². The second-order valence-electron chi connectivity index (χ2n) is 8.23. The van der Waals surface area contributed by atoms with E-state index in [0.29, 0.717) is 18.0 Å². The van der Waals surface area contributed by atoms with E-state index in [-0.39, 0.29) is 11.7 Å². The Bertz CT molecular complexity index is 916.